The first-order valence-electron chi connectivity index (χ1n) is 7.84. The normalized spacial score (nSPS) is 21.3. The molecule has 0 spiro atoms. The monoisotopic (exact) mass is 308 g/mol. The molecule has 2 aliphatic heterocycles. The molecule has 0 aliphatic carbocycles. The molecule has 2 saturated heterocycles. The van der Waals surface area contributed by atoms with Crippen molar-refractivity contribution in [1.29, 1.82) is 0 Å². The zero-order chi connectivity index (χ0) is 15.4. The summed E-state index contributed by atoms with van der Waals surface area (Å²) >= 11 is 0. The molecule has 3 rings (SSSR count). The van der Waals surface area contributed by atoms with Crippen LogP contribution in [0.2, 0.25) is 0 Å². The second-order valence-electron chi connectivity index (χ2n) is 5.80. The van der Waals surface area contributed by atoms with E-state index in [1.165, 1.54) is 0 Å². The lowest BCUT2D eigenvalue weighted by atomic mass is 10.2. The number of amides is 1. The number of rotatable bonds is 5. The minimum Gasteiger partial charge on any atom is -0.376 e. The maximum Gasteiger partial charge on any atom is 0.242 e. The summed E-state index contributed by atoms with van der Waals surface area (Å²) in [5, 5.41) is 0. The molecule has 1 amide bonds. The molecule has 1 atom stereocenters. The van der Waals surface area contributed by atoms with Crippen LogP contribution in [0.5, 0.6) is 0 Å². The van der Waals surface area contributed by atoms with Gasteiger partial charge in [0.05, 0.1) is 18.5 Å². The van der Waals surface area contributed by atoms with Gasteiger partial charge in [0.2, 0.25) is 11.9 Å². The largest absolute Gasteiger partial charge is 0.376 e. The minimum absolute atomic E-state index is 0.0726. The van der Waals surface area contributed by atoms with Gasteiger partial charge in [-0.2, -0.15) is 0 Å². The van der Waals surface area contributed by atoms with E-state index < -0.39 is 5.82 Å². The van der Waals surface area contributed by atoms with E-state index in [1.807, 2.05) is 4.90 Å². The molecule has 0 radical (unpaired) electrons. The predicted octanol–water partition coefficient (Wildman–Crippen LogP) is 1.22. The molecule has 120 valence electrons. The molecule has 0 saturated carbocycles. The van der Waals surface area contributed by atoms with Gasteiger partial charge in [0.1, 0.15) is 6.54 Å². The Morgan fingerprint density at radius 2 is 2.05 bits per heavy atom. The minimum atomic E-state index is -0.480. The Morgan fingerprint density at radius 1 is 1.32 bits per heavy atom. The Labute approximate surface area is 129 Å². The highest BCUT2D eigenvalue weighted by molar-refractivity contribution is 5.81. The summed E-state index contributed by atoms with van der Waals surface area (Å²) in [7, 11) is 0. The van der Waals surface area contributed by atoms with Gasteiger partial charge < -0.3 is 14.5 Å². The zero-order valence-corrected chi connectivity index (χ0v) is 12.6. The lowest BCUT2D eigenvalue weighted by Crippen LogP contribution is -2.42. The molecule has 1 aromatic heterocycles. The first kappa shape index (κ1) is 15.1. The smallest absolute Gasteiger partial charge is 0.242 e. The van der Waals surface area contributed by atoms with Gasteiger partial charge in [-0.15, -0.1) is 0 Å². The Bertz CT molecular complexity index is 499. The van der Waals surface area contributed by atoms with Crippen molar-refractivity contribution in [3.05, 3.63) is 18.2 Å². The first-order chi connectivity index (χ1) is 10.7. The molecule has 0 bridgehead atoms. The molecule has 22 heavy (non-hydrogen) atoms. The van der Waals surface area contributed by atoms with Gasteiger partial charge in [-0.05, 0) is 25.7 Å². The first-order valence-corrected chi connectivity index (χ1v) is 7.84. The Morgan fingerprint density at radius 3 is 2.68 bits per heavy atom. The molecular formula is C15H21FN4O2. The van der Waals surface area contributed by atoms with Crippen LogP contribution in [-0.2, 0) is 9.53 Å². The molecular weight excluding hydrogens is 287 g/mol. The fourth-order valence-corrected chi connectivity index (χ4v) is 2.95. The van der Waals surface area contributed by atoms with Crippen molar-refractivity contribution in [3.63, 3.8) is 0 Å². The highest BCUT2D eigenvalue weighted by Crippen LogP contribution is 2.17. The van der Waals surface area contributed by atoms with E-state index in [-0.39, 0.29) is 18.6 Å². The van der Waals surface area contributed by atoms with Crippen LogP contribution in [0.3, 0.4) is 0 Å². The van der Waals surface area contributed by atoms with Crippen molar-refractivity contribution in [2.45, 2.75) is 31.8 Å². The average Bonchev–Trinajstić information content (AvgIpc) is 3.21. The molecule has 3 heterocycles. The summed E-state index contributed by atoms with van der Waals surface area (Å²) in [4.78, 5) is 24.1. The van der Waals surface area contributed by atoms with Crippen LogP contribution in [0.1, 0.15) is 25.7 Å². The van der Waals surface area contributed by atoms with Gasteiger partial charge in [0.25, 0.3) is 0 Å². The Balaban J connectivity index is 1.69. The summed E-state index contributed by atoms with van der Waals surface area (Å²) in [6.07, 6.45) is 6.46. The predicted molar refractivity (Wildman–Crippen MR) is 79.0 cm³/mol. The summed E-state index contributed by atoms with van der Waals surface area (Å²) < 4.78 is 18.7. The summed E-state index contributed by atoms with van der Waals surface area (Å²) in [5.41, 5.74) is 0. The van der Waals surface area contributed by atoms with Crippen LogP contribution in [0.15, 0.2) is 12.4 Å². The van der Waals surface area contributed by atoms with E-state index in [4.69, 9.17) is 4.74 Å². The van der Waals surface area contributed by atoms with E-state index in [0.29, 0.717) is 12.5 Å². The van der Waals surface area contributed by atoms with E-state index in [9.17, 15) is 9.18 Å². The van der Waals surface area contributed by atoms with Crippen molar-refractivity contribution in [1.82, 2.24) is 14.9 Å². The number of anilines is 1. The van der Waals surface area contributed by atoms with Crippen molar-refractivity contribution < 1.29 is 13.9 Å². The maximum absolute atomic E-state index is 13.0. The number of hydrogen-bond donors (Lipinski definition) is 0. The van der Waals surface area contributed by atoms with Gasteiger partial charge in [-0.25, -0.2) is 14.4 Å². The number of halogens is 1. The van der Waals surface area contributed by atoms with Crippen LogP contribution in [0.25, 0.3) is 0 Å². The zero-order valence-electron chi connectivity index (χ0n) is 12.6. The number of carbonyl (C=O) groups excluding carboxylic acids is 1. The third kappa shape index (κ3) is 3.71. The molecule has 0 unspecified atom stereocenters. The van der Waals surface area contributed by atoms with Gasteiger partial charge in [0, 0.05) is 26.2 Å². The van der Waals surface area contributed by atoms with Gasteiger partial charge in [-0.1, -0.05) is 0 Å². The standard InChI is InChI=1S/C15H21FN4O2/c16-12-8-17-15(18-9-12)20(10-13-4-3-7-22-13)11-14(21)19-5-1-2-6-19/h8-9,13H,1-7,10-11H2/t13-/m1/s1. The topological polar surface area (TPSA) is 58.6 Å². The third-order valence-corrected chi connectivity index (χ3v) is 4.12. The molecule has 0 N–H and O–H groups in total. The highest BCUT2D eigenvalue weighted by Gasteiger charge is 2.25. The van der Waals surface area contributed by atoms with Gasteiger partial charge >= 0.3 is 0 Å². The van der Waals surface area contributed by atoms with Crippen LogP contribution in [0, 0.1) is 5.82 Å². The number of hydrogen-bond acceptors (Lipinski definition) is 5. The second-order valence-corrected chi connectivity index (χ2v) is 5.80. The van der Waals surface area contributed by atoms with Crippen LogP contribution in [0.4, 0.5) is 10.3 Å². The Hall–Kier alpha value is -1.76. The number of aromatic nitrogens is 2. The molecule has 0 aromatic carbocycles. The summed E-state index contributed by atoms with van der Waals surface area (Å²) in [6, 6.07) is 0. The fraction of sp³-hybridized carbons (Fsp3) is 0.667. The fourth-order valence-electron chi connectivity index (χ4n) is 2.95. The van der Waals surface area contributed by atoms with Crippen molar-refractivity contribution >= 4 is 11.9 Å². The Kier molecular flexibility index (Phi) is 4.82. The quantitative estimate of drug-likeness (QED) is 0.819. The maximum atomic E-state index is 13.0. The van der Waals surface area contributed by atoms with Crippen LogP contribution >= 0.6 is 0 Å². The van der Waals surface area contributed by atoms with E-state index in [2.05, 4.69) is 9.97 Å². The van der Waals surface area contributed by atoms with E-state index in [1.54, 1.807) is 4.90 Å². The summed E-state index contributed by atoms with van der Waals surface area (Å²) in [6.45, 7) is 3.16. The lowest BCUT2D eigenvalue weighted by molar-refractivity contribution is -0.128. The van der Waals surface area contributed by atoms with E-state index >= 15 is 0 Å². The van der Waals surface area contributed by atoms with E-state index in [0.717, 1.165) is 57.8 Å². The van der Waals surface area contributed by atoms with Gasteiger partial charge in [0.15, 0.2) is 5.82 Å². The van der Waals surface area contributed by atoms with Crippen LogP contribution in [-0.4, -0.2) is 59.7 Å². The summed E-state index contributed by atoms with van der Waals surface area (Å²) in [5.74, 6) is -0.0282. The number of ether oxygens (including phenoxy) is 1. The third-order valence-electron chi connectivity index (χ3n) is 4.12. The van der Waals surface area contributed by atoms with Gasteiger partial charge in [-0.3, -0.25) is 4.79 Å². The number of carbonyl (C=O) groups is 1. The molecule has 7 heteroatoms. The average molecular weight is 308 g/mol. The van der Waals surface area contributed by atoms with Crippen molar-refractivity contribution in [2.75, 3.05) is 37.7 Å². The van der Waals surface area contributed by atoms with Crippen molar-refractivity contribution in [3.8, 4) is 0 Å². The van der Waals surface area contributed by atoms with Crippen molar-refractivity contribution in [2.24, 2.45) is 0 Å². The molecule has 6 nitrogen and oxygen atoms in total. The number of likely N-dealkylation sites (tertiary alicyclic amines) is 1. The second kappa shape index (κ2) is 7.00. The lowest BCUT2D eigenvalue weighted by Gasteiger charge is -2.26. The molecule has 1 aromatic rings. The molecule has 2 fully saturated rings. The van der Waals surface area contributed by atoms with Crippen LogP contribution < -0.4 is 4.90 Å². The number of nitrogens with zero attached hydrogens (tertiary/aromatic N) is 4. The highest BCUT2D eigenvalue weighted by atomic mass is 19.1. The SMILES string of the molecule is O=C(CN(C[C@H]1CCCO1)c1ncc(F)cn1)N1CCCC1. The molecule has 2 aliphatic rings.